The molecule has 0 radical (unpaired) electrons. The van der Waals surface area contributed by atoms with Gasteiger partial charge in [0.05, 0.1) is 13.7 Å². The topological polar surface area (TPSA) is 30.5 Å². The fraction of sp³-hybridized carbons (Fsp3) is 0.571. The van der Waals surface area contributed by atoms with Crippen molar-refractivity contribution in [2.45, 2.75) is 32.5 Å². The number of methoxy groups -OCH3 is 1. The summed E-state index contributed by atoms with van der Waals surface area (Å²) in [5, 5.41) is 2.98. The second kappa shape index (κ2) is 7.99. The van der Waals surface area contributed by atoms with Crippen LogP contribution in [0.5, 0.6) is 11.5 Å². The number of rotatable bonds is 8. The Bertz CT molecular complexity index is 408. The van der Waals surface area contributed by atoms with Crippen LogP contribution in [0.4, 0.5) is 13.2 Å². The smallest absolute Gasteiger partial charge is 0.389 e. The Hall–Kier alpha value is -1.43. The van der Waals surface area contributed by atoms with E-state index in [1.165, 1.54) is 0 Å². The average Bonchev–Trinajstić information content (AvgIpc) is 2.37. The van der Waals surface area contributed by atoms with Gasteiger partial charge >= 0.3 is 6.18 Å². The number of hydrogen-bond acceptors (Lipinski definition) is 3. The quantitative estimate of drug-likeness (QED) is 0.743. The van der Waals surface area contributed by atoms with Crippen LogP contribution >= 0.6 is 0 Å². The van der Waals surface area contributed by atoms with E-state index in [-0.39, 0.29) is 6.42 Å². The lowest BCUT2D eigenvalue weighted by atomic mass is 10.2. The van der Waals surface area contributed by atoms with Gasteiger partial charge in [-0.05, 0) is 26.0 Å². The third-order valence-corrected chi connectivity index (χ3v) is 2.69. The van der Waals surface area contributed by atoms with Crippen LogP contribution in [0.25, 0.3) is 0 Å². The zero-order valence-electron chi connectivity index (χ0n) is 11.7. The van der Waals surface area contributed by atoms with Crippen LogP contribution in [0.3, 0.4) is 0 Å². The molecule has 0 aliphatic carbocycles. The van der Waals surface area contributed by atoms with Gasteiger partial charge in [0, 0.05) is 18.5 Å². The summed E-state index contributed by atoms with van der Waals surface area (Å²) in [6.45, 7) is 3.16. The Balaban J connectivity index is 2.49. The van der Waals surface area contributed by atoms with Crippen molar-refractivity contribution in [2.75, 3.05) is 20.3 Å². The van der Waals surface area contributed by atoms with Gasteiger partial charge in [0.1, 0.15) is 0 Å². The van der Waals surface area contributed by atoms with Gasteiger partial charge in [0.15, 0.2) is 11.5 Å². The van der Waals surface area contributed by atoms with E-state index >= 15 is 0 Å². The molecule has 0 aliphatic heterocycles. The zero-order chi connectivity index (χ0) is 15.0. The average molecular weight is 291 g/mol. The van der Waals surface area contributed by atoms with Crippen molar-refractivity contribution in [1.82, 2.24) is 5.32 Å². The first kappa shape index (κ1) is 16.6. The van der Waals surface area contributed by atoms with Crippen LogP contribution in [-0.2, 0) is 6.54 Å². The normalized spacial score (nSPS) is 11.4. The molecule has 3 nitrogen and oxygen atoms in total. The van der Waals surface area contributed by atoms with E-state index < -0.39 is 12.6 Å². The number of para-hydroxylation sites is 1. The number of nitrogens with one attached hydrogen (secondary N) is 1. The first-order chi connectivity index (χ1) is 9.48. The molecule has 1 aromatic carbocycles. The van der Waals surface area contributed by atoms with Crippen molar-refractivity contribution in [1.29, 1.82) is 0 Å². The van der Waals surface area contributed by atoms with E-state index in [0.29, 0.717) is 31.2 Å². The van der Waals surface area contributed by atoms with Crippen LogP contribution in [0.15, 0.2) is 18.2 Å². The minimum atomic E-state index is -4.09. The van der Waals surface area contributed by atoms with Crippen molar-refractivity contribution >= 4 is 0 Å². The predicted octanol–water partition coefficient (Wildman–Crippen LogP) is 3.53. The molecular weight excluding hydrogens is 271 g/mol. The van der Waals surface area contributed by atoms with Crippen LogP contribution in [0, 0.1) is 0 Å². The summed E-state index contributed by atoms with van der Waals surface area (Å²) in [4.78, 5) is 0. The minimum absolute atomic E-state index is 0.0664. The molecule has 0 fully saturated rings. The lowest BCUT2D eigenvalue weighted by molar-refractivity contribution is -0.135. The summed E-state index contributed by atoms with van der Waals surface area (Å²) in [6, 6.07) is 5.49. The molecular formula is C14H20F3NO2. The van der Waals surface area contributed by atoms with Crippen LogP contribution in [-0.4, -0.2) is 26.4 Å². The maximum Gasteiger partial charge on any atom is 0.389 e. The van der Waals surface area contributed by atoms with Gasteiger partial charge in [-0.15, -0.1) is 0 Å². The summed E-state index contributed by atoms with van der Waals surface area (Å²) in [5.74, 6) is 1.27. The predicted molar refractivity (Wildman–Crippen MR) is 71.2 cm³/mol. The molecule has 0 aromatic heterocycles. The number of benzene rings is 1. The maximum atomic E-state index is 12.0. The molecule has 0 aliphatic rings. The highest BCUT2D eigenvalue weighted by Gasteiger charge is 2.25. The molecule has 1 aromatic rings. The zero-order valence-corrected chi connectivity index (χ0v) is 11.7. The lowest BCUT2D eigenvalue weighted by Gasteiger charge is -2.14. The molecule has 0 saturated heterocycles. The van der Waals surface area contributed by atoms with Crippen LogP contribution in [0.2, 0.25) is 0 Å². The van der Waals surface area contributed by atoms with Crippen molar-refractivity contribution < 1.29 is 22.6 Å². The Labute approximate surface area is 117 Å². The first-order valence-corrected chi connectivity index (χ1v) is 6.54. The largest absolute Gasteiger partial charge is 0.493 e. The standard InChI is InChI=1S/C14H20F3NO2/c1-3-20-12-7-4-6-11(13(12)19-2)10-18-9-5-8-14(15,16)17/h4,6-7,18H,3,5,8-10H2,1-2H3. The van der Waals surface area contributed by atoms with Crippen molar-refractivity contribution in [2.24, 2.45) is 0 Å². The molecule has 6 heteroatoms. The van der Waals surface area contributed by atoms with Crippen molar-refractivity contribution in [3.05, 3.63) is 23.8 Å². The second-order valence-electron chi connectivity index (χ2n) is 4.28. The maximum absolute atomic E-state index is 12.0. The molecule has 0 spiro atoms. The van der Waals surface area contributed by atoms with E-state index in [0.717, 1.165) is 5.56 Å². The van der Waals surface area contributed by atoms with Gasteiger partial charge in [-0.25, -0.2) is 0 Å². The van der Waals surface area contributed by atoms with Crippen molar-refractivity contribution in [3.63, 3.8) is 0 Å². The second-order valence-corrected chi connectivity index (χ2v) is 4.28. The lowest BCUT2D eigenvalue weighted by Crippen LogP contribution is -2.18. The van der Waals surface area contributed by atoms with E-state index in [9.17, 15) is 13.2 Å². The highest BCUT2D eigenvalue weighted by Crippen LogP contribution is 2.30. The van der Waals surface area contributed by atoms with E-state index in [1.807, 2.05) is 19.1 Å². The molecule has 1 rings (SSSR count). The van der Waals surface area contributed by atoms with Gasteiger partial charge in [-0.2, -0.15) is 13.2 Å². The Morgan fingerprint density at radius 3 is 2.60 bits per heavy atom. The summed E-state index contributed by atoms with van der Waals surface area (Å²) in [6.07, 6.45) is -4.79. The third-order valence-electron chi connectivity index (χ3n) is 2.69. The highest BCUT2D eigenvalue weighted by atomic mass is 19.4. The molecule has 0 amide bonds. The van der Waals surface area contributed by atoms with Gasteiger partial charge in [-0.1, -0.05) is 12.1 Å². The fourth-order valence-electron chi connectivity index (χ4n) is 1.84. The third kappa shape index (κ3) is 5.69. The molecule has 0 bridgehead atoms. The van der Waals surface area contributed by atoms with Gasteiger partial charge < -0.3 is 14.8 Å². The molecule has 0 heterocycles. The number of halogens is 3. The summed E-state index contributed by atoms with van der Waals surface area (Å²) in [5.41, 5.74) is 0.866. The first-order valence-electron chi connectivity index (χ1n) is 6.54. The summed E-state index contributed by atoms with van der Waals surface area (Å²) < 4.78 is 46.7. The molecule has 20 heavy (non-hydrogen) atoms. The molecule has 0 unspecified atom stereocenters. The van der Waals surface area contributed by atoms with Crippen LogP contribution < -0.4 is 14.8 Å². The number of ether oxygens (including phenoxy) is 2. The Morgan fingerprint density at radius 1 is 1.25 bits per heavy atom. The number of alkyl halides is 3. The molecule has 114 valence electrons. The SMILES string of the molecule is CCOc1cccc(CNCCCC(F)(F)F)c1OC. The fourth-order valence-corrected chi connectivity index (χ4v) is 1.84. The molecule has 0 atom stereocenters. The van der Waals surface area contributed by atoms with Crippen molar-refractivity contribution in [3.8, 4) is 11.5 Å². The summed E-state index contributed by atoms with van der Waals surface area (Å²) >= 11 is 0. The van der Waals surface area contributed by atoms with E-state index in [1.54, 1.807) is 13.2 Å². The van der Waals surface area contributed by atoms with E-state index in [2.05, 4.69) is 5.32 Å². The highest BCUT2D eigenvalue weighted by molar-refractivity contribution is 5.46. The minimum Gasteiger partial charge on any atom is -0.493 e. The summed E-state index contributed by atoms with van der Waals surface area (Å²) in [7, 11) is 1.55. The monoisotopic (exact) mass is 291 g/mol. The Morgan fingerprint density at radius 2 is 2.00 bits per heavy atom. The van der Waals surface area contributed by atoms with Gasteiger partial charge in [0.25, 0.3) is 0 Å². The van der Waals surface area contributed by atoms with Gasteiger partial charge in [0.2, 0.25) is 0 Å². The number of hydrogen-bond donors (Lipinski definition) is 1. The Kier molecular flexibility index (Phi) is 6.64. The van der Waals surface area contributed by atoms with E-state index in [4.69, 9.17) is 9.47 Å². The molecule has 0 saturated carbocycles. The molecule has 1 N–H and O–H groups in total. The van der Waals surface area contributed by atoms with Crippen LogP contribution in [0.1, 0.15) is 25.3 Å². The van der Waals surface area contributed by atoms with Gasteiger partial charge in [-0.3, -0.25) is 0 Å².